The van der Waals surface area contributed by atoms with Gasteiger partial charge in [-0.1, -0.05) is 0 Å². The second kappa shape index (κ2) is 6.03. The van der Waals surface area contributed by atoms with E-state index in [4.69, 9.17) is 23.9 Å². The number of nitrogens with two attached hydrogens (primary N) is 1. The molecule has 0 saturated carbocycles. The van der Waals surface area contributed by atoms with E-state index in [-0.39, 0.29) is 12.4 Å². The summed E-state index contributed by atoms with van der Waals surface area (Å²) in [5.41, 5.74) is 6.52. The fourth-order valence-electron chi connectivity index (χ4n) is 3.73. The van der Waals surface area contributed by atoms with Crippen LogP contribution < -0.4 is 16.0 Å². The number of nitrogens with zero attached hydrogens (tertiary/aromatic N) is 3. The van der Waals surface area contributed by atoms with E-state index in [1.165, 1.54) is 13.9 Å². The molecule has 11 nitrogen and oxygen atoms in total. The van der Waals surface area contributed by atoms with Crippen LogP contribution in [0.5, 0.6) is 0 Å². The Bertz CT molecular complexity index is 857. The normalized spacial score (nSPS) is 35.3. The molecule has 2 fully saturated rings. The number of aliphatic hydroxyl groups excluding tert-OH is 1. The zero-order chi connectivity index (χ0) is 18.8. The van der Waals surface area contributed by atoms with Gasteiger partial charge in [-0.2, -0.15) is 0 Å². The summed E-state index contributed by atoms with van der Waals surface area (Å²) >= 11 is 0. The number of furan rings is 1. The number of nitrogens with one attached hydrogen (secondary N) is 1. The van der Waals surface area contributed by atoms with E-state index in [2.05, 4.69) is 15.3 Å². The van der Waals surface area contributed by atoms with E-state index in [1.807, 2.05) is 0 Å². The Balaban J connectivity index is 1.53. The van der Waals surface area contributed by atoms with E-state index in [1.54, 1.807) is 23.3 Å². The number of aromatic nitrogens is 2. The molecule has 0 aromatic carbocycles. The van der Waals surface area contributed by atoms with Gasteiger partial charge < -0.3 is 0 Å². The number of nitrogen functional groups attached to an aromatic ring is 1. The molecule has 5 rings (SSSR count). The quantitative estimate of drug-likeness (QED) is 0.371. The van der Waals surface area contributed by atoms with E-state index in [0.29, 0.717) is 17.3 Å². The van der Waals surface area contributed by atoms with Crippen LogP contribution >= 0.6 is 7.82 Å². The molecule has 2 aromatic rings. The standard InChI is InChI=1S/C14H19BN5O6P/c15-27(22)24-4-7-10(26-27)9(21)14(25-7)20-12(6-2-1-3-23-6)19-8-11(16)17-5-18-13(8)20/h1-3,5,7,9-10,12,14,19,21-22,27H,4,15H2,(H2,16,17,18)/t7?,9-,10?,12?,14+/m0/s1. The third-order valence-corrected chi connectivity index (χ3v) is 6.34. The third-order valence-electron chi connectivity index (χ3n) is 4.93. The molecule has 0 radical (unpaired) electrons. The maximum atomic E-state index is 10.9. The molecule has 0 bridgehead atoms. The molecule has 3 aliphatic heterocycles. The van der Waals surface area contributed by atoms with Gasteiger partial charge >= 0.3 is 155 Å². The number of anilines is 3. The van der Waals surface area contributed by atoms with Gasteiger partial charge in [-0.25, -0.2) is 0 Å². The number of fused-ring (bicyclic) bond motifs is 2. The molecule has 3 aliphatic rings. The summed E-state index contributed by atoms with van der Waals surface area (Å²) in [7, 11) is -1.77. The fraction of sp³-hybridized carbons (Fsp3) is 0.429. The predicted molar refractivity (Wildman–Crippen MR) is 98.6 cm³/mol. The third kappa shape index (κ3) is 2.68. The molecule has 13 heteroatoms. The average Bonchev–Trinajstić information content (AvgIpc) is 3.33. The zero-order valence-corrected chi connectivity index (χ0v) is 15.3. The Morgan fingerprint density at radius 2 is 2.26 bits per heavy atom. The molecule has 27 heavy (non-hydrogen) atoms. The molecule has 5 atom stereocenters. The first-order chi connectivity index (χ1) is 12.9. The molecule has 0 aliphatic carbocycles. The van der Waals surface area contributed by atoms with Gasteiger partial charge in [0.1, 0.15) is 0 Å². The summed E-state index contributed by atoms with van der Waals surface area (Å²) in [6.45, 7) is 0.142. The van der Waals surface area contributed by atoms with Crippen LogP contribution in [0, 0.1) is 0 Å². The first kappa shape index (κ1) is 17.2. The molecular weight excluding hydrogens is 376 g/mol. The monoisotopic (exact) mass is 395 g/mol. The maximum absolute atomic E-state index is 10.9. The first-order valence-corrected chi connectivity index (χ1v) is 10.8. The van der Waals surface area contributed by atoms with Gasteiger partial charge in [0.15, 0.2) is 0 Å². The zero-order valence-electron chi connectivity index (χ0n) is 14.3. The molecule has 0 amide bonds. The van der Waals surface area contributed by atoms with E-state index >= 15 is 0 Å². The van der Waals surface area contributed by atoms with Gasteiger partial charge in [-0.05, 0) is 0 Å². The molecule has 5 N–H and O–H groups in total. The van der Waals surface area contributed by atoms with E-state index < -0.39 is 38.5 Å². The topological polar surface area (TPSA) is 148 Å². The summed E-state index contributed by atoms with van der Waals surface area (Å²) in [6, 6.07) is 3.56. The van der Waals surface area contributed by atoms with Gasteiger partial charge in [0, 0.05) is 0 Å². The molecule has 5 heterocycles. The summed E-state index contributed by atoms with van der Waals surface area (Å²) in [5, 5.41) is 14.1. The second-order valence-electron chi connectivity index (χ2n) is 6.77. The fourth-order valence-corrected chi connectivity index (χ4v) is 5.06. The summed E-state index contributed by atoms with van der Waals surface area (Å²) < 4.78 is 22.6. The van der Waals surface area contributed by atoms with Gasteiger partial charge in [0.2, 0.25) is 0 Å². The predicted octanol–water partition coefficient (Wildman–Crippen LogP) is -0.881. The number of ether oxygens (including phenoxy) is 1. The summed E-state index contributed by atoms with van der Waals surface area (Å²) in [5.74, 6) is 1.35. The molecule has 3 unspecified atom stereocenters. The SMILES string of the molecule is B[PH]1(O)OCC2O[C@@H](N3c4ncnc(N)c4NC3c3ccco3)[C@@H](O)C2O1. The van der Waals surface area contributed by atoms with Crippen molar-refractivity contribution in [3.63, 3.8) is 0 Å². The number of hydrogen-bond acceptors (Lipinski definition) is 11. The Hall–Kier alpha value is -1.95. The Kier molecular flexibility index (Phi) is 3.83. The minimum atomic E-state index is -3.28. The Labute approximate surface area is 155 Å². The number of rotatable bonds is 2. The average molecular weight is 395 g/mol. The molecule has 2 saturated heterocycles. The van der Waals surface area contributed by atoms with Gasteiger partial charge in [-0.3, -0.25) is 0 Å². The second-order valence-corrected chi connectivity index (χ2v) is 9.09. The van der Waals surface area contributed by atoms with Crippen LogP contribution in [0.15, 0.2) is 29.1 Å². The van der Waals surface area contributed by atoms with Crippen molar-refractivity contribution in [2.75, 3.05) is 22.6 Å². The van der Waals surface area contributed by atoms with Gasteiger partial charge in [-0.15, -0.1) is 0 Å². The van der Waals surface area contributed by atoms with Crippen LogP contribution in [0.1, 0.15) is 11.9 Å². The first-order valence-electron chi connectivity index (χ1n) is 8.51. The van der Waals surface area contributed by atoms with Crippen LogP contribution in [0.25, 0.3) is 0 Å². The number of aliphatic hydroxyl groups is 1. The molecular formula is C14H19BN5O6P. The van der Waals surface area contributed by atoms with Gasteiger partial charge in [0.25, 0.3) is 0 Å². The van der Waals surface area contributed by atoms with Crippen molar-refractivity contribution in [2.45, 2.75) is 30.7 Å². The van der Waals surface area contributed by atoms with Crippen LogP contribution in [0.3, 0.4) is 0 Å². The van der Waals surface area contributed by atoms with Crippen molar-refractivity contribution in [1.82, 2.24) is 9.97 Å². The Morgan fingerprint density at radius 3 is 3.04 bits per heavy atom. The van der Waals surface area contributed by atoms with Crippen LogP contribution in [-0.4, -0.2) is 58.7 Å². The van der Waals surface area contributed by atoms with Crippen molar-refractivity contribution >= 4 is 32.7 Å². The Morgan fingerprint density at radius 1 is 1.41 bits per heavy atom. The number of hydrogen-bond donors (Lipinski definition) is 4. The van der Waals surface area contributed by atoms with Crippen molar-refractivity contribution in [2.24, 2.45) is 0 Å². The van der Waals surface area contributed by atoms with Crippen molar-refractivity contribution in [3.8, 4) is 0 Å². The van der Waals surface area contributed by atoms with Crippen LogP contribution in [0.4, 0.5) is 17.3 Å². The summed E-state index contributed by atoms with van der Waals surface area (Å²) in [4.78, 5) is 20.2. The molecule has 0 spiro atoms. The van der Waals surface area contributed by atoms with Crippen LogP contribution in [0.2, 0.25) is 0 Å². The van der Waals surface area contributed by atoms with Crippen LogP contribution in [-0.2, 0) is 13.8 Å². The van der Waals surface area contributed by atoms with Crippen molar-refractivity contribution in [3.05, 3.63) is 30.5 Å². The van der Waals surface area contributed by atoms with Gasteiger partial charge in [0.05, 0.1) is 0 Å². The van der Waals surface area contributed by atoms with Crippen molar-refractivity contribution < 1.29 is 28.2 Å². The minimum absolute atomic E-state index is 0.142. The van der Waals surface area contributed by atoms with Crippen molar-refractivity contribution in [1.29, 1.82) is 0 Å². The molecule has 144 valence electrons. The van der Waals surface area contributed by atoms with E-state index in [9.17, 15) is 10.00 Å². The molecule has 2 aromatic heterocycles. The van der Waals surface area contributed by atoms with E-state index in [0.717, 1.165) is 0 Å². The summed E-state index contributed by atoms with van der Waals surface area (Å²) in [6.07, 6.45) is -0.682.